The first-order valence-electron chi connectivity index (χ1n) is 15.8. The number of pyridine rings is 1. The van der Waals surface area contributed by atoms with Crippen molar-refractivity contribution in [1.82, 2.24) is 4.98 Å². The standard InChI is InChI=1S/C33H24N.C9H16O2.Ir/c1-20-7-6-9-22(19-20)32-27-14-13-26-24(25(27)17-18-34-32)12-15-28-30-23-10-5-4-8-21(23)11-16-29(30)33(2,3)31(26)28;1-6(2)8(10)5-9(11)7(3)4;/h4-8,10-19H,1-3H3;5-7,10H,1-4H3;/q-1;;/b;8-5-;. The maximum absolute atomic E-state index is 11.0. The fraction of sp³-hybridized carbons (Fsp3) is 0.238. The van der Waals surface area contributed by atoms with Gasteiger partial charge in [-0.05, 0) is 66.3 Å². The van der Waals surface area contributed by atoms with E-state index in [1.54, 1.807) is 0 Å². The molecule has 1 radical (unpaired) electrons. The van der Waals surface area contributed by atoms with Crippen molar-refractivity contribution in [3.8, 4) is 22.4 Å². The summed E-state index contributed by atoms with van der Waals surface area (Å²) < 4.78 is 0. The quantitative estimate of drug-likeness (QED) is 0.0839. The molecule has 0 spiro atoms. The SMILES string of the molecule is CC(C)C(=O)/C=C(\O)C(C)C.Cc1cc[c-]c(-c2nccc3c2ccc2c4c(ccc23)-c2c(ccc3ccccc23)C4(C)C)c1.[Ir]. The van der Waals surface area contributed by atoms with Crippen molar-refractivity contribution in [3.63, 3.8) is 0 Å². The number of aromatic nitrogens is 1. The van der Waals surface area contributed by atoms with Gasteiger partial charge in [0, 0.05) is 49.6 Å². The van der Waals surface area contributed by atoms with Crippen LogP contribution in [-0.4, -0.2) is 15.9 Å². The molecule has 235 valence electrons. The van der Waals surface area contributed by atoms with Gasteiger partial charge >= 0.3 is 0 Å². The third-order valence-corrected chi connectivity index (χ3v) is 9.10. The van der Waals surface area contributed by atoms with Crippen LogP contribution in [0.25, 0.3) is 54.7 Å². The second-order valence-electron chi connectivity index (χ2n) is 13.3. The van der Waals surface area contributed by atoms with Crippen molar-refractivity contribution in [2.75, 3.05) is 0 Å². The number of hydrogen-bond acceptors (Lipinski definition) is 3. The average molecular weight is 783 g/mol. The summed E-state index contributed by atoms with van der Waals surface area (Å²) in [5.74, 6) is 0.161. The molecule has 1 N–H and O–H groups in total. The van der Waals surface area contributed by atoms with Crippen LogP contribution in [0, 0.1) is 24.8 Å². The Morgan fingerprint density at radius 1 is 0.826 bits per heavy atom. The molecule has 0 aliphatic heterocycles. The van der Waals surface area contributed by atoms with E-state index in [4.69, 9.17) is 4.98 Å². The van der Waals surface area contributed by atoms with Crippen LogP contribution in [0.5, 0.6) is 0 Å². The van der Waals surface area contributed by atoms with Crippen LogP contribution >= 0.6 is 0 Å². The fourth-order valence-electron chi connectivity index (χ4n) is 6.58. The third kappa shape index (κ3) is 5.81. The number of carbonyl (C=O) groups is 1. The average Bonchev–Trinajstić information content (AvgIpc) is 3.27. The largest absolute Gasteiger partial charge is 0.512 e. The molecular weight excluding hydrogens is 743 g/mol. The summed E-state index contributed by atoms with van der Waals surface area (Å²) in [6.45, 7) is 14.2. The predicted molar refractivity (Wildman–Crippen MR) is 189 cm³/mol. The monoisotopic (exact) mass is 783 g/mol. The summed E-state index contributed by atoms with van der Waals surface area (Å²) in [5.41, 5.74) is 8.80. The number of aliphatic hydroxyl groups is 1. The molecule has 0 saturated heterocycles. The van der Waals surface area contributed by atoms with Crippen molar-refractivity contribution in [2.24, 2.45) is 11.8 Å². The molecule has 0 saturated carbocycles. The van der Waals surface area contributed by atoms with Gasteiger partial charge in [-0.3, -0.25) is 4.79 Å². The number of hydrogen-bond donors (Lipinski definition) is 1. The summed E-state index contributed by atoms with van der Waals surface area (Å²) in [6.07, 6.45) is 3.25. The molecular formula is C42H40IrNO2-. The summed E-state index contributed by atoms with van der Waals surface area (Å²) in [4.78, 5) is 15.8. The van der Waals surface area contributed by atoms with E-state index in [0.717, 1.165) is 11.3 Å². The maximum Gasteiger partial charge on any atom is 0.161 e. The van der Waals surface area contributed by atoms with Crippen molar-refractivity contribution < 1.29 is 30.0 Å². The Kier molecular flexibility index (Phi) is 9.36. The minimum absolute atomic E-state index is 0. The van der Waals surface area contributed by atoms with Gasteiger partial charge in [0.25, 0.3) is 0 Å². The van der Waals surface area contributed by atoms with Gasteiger partial charge in [-0.15, -0.1) is 35.4 Å². The zero-order chi connectivity index (χ0) is 32.0. The first-order valence-corrected chi connectivity index (χ1v) is 15.8. The van der Waals surface area contributed by atoms with Crippen LogP contribution in [0.3, 0.4) is 0 Å². The number of rotatable bonds is 4. The Balaban J connectivity index is 0.000000302. The number of nitrogens with zero attached hydrogens (tertiary/aromatic N) is 1. The van der Waals surface area contributed by atoms with E-state index in [2.05, 4.69) is 106 Å². The molecule has 46 heavy (non-hydrogen) atoms. The molecule has 0 fully saturated rings. The van der Waals surface area contributed by atoms with Crippen molar-refractivity contribution in [1.29, 1.82) is 0 Å². The van der Waals surface area contributed by atoms with Gasteiger partial charge in [0.2, 0.25) is 0 Å². The molecule has 0 atom stereocenters. The Morgan fingerprint density at radius 3 is 2.24 bits per heavy atom. The summed E-state index contributed by atoms with van der Waals surface area (Å²) in [5, 5.41) is 16.9. The zero-order valence-electron chi connectivity index (χ0n) is 27.5. The second-order valence-corrected chi connectivity index (χ2v) is 13.3. The summed E-state index contributed by atoms with van der Waals surface area (Å²) in [6, 6.07) is 34.4. The molecule has 0 unspecified atom stereocenters. The van der Waals surface area contributed by atoms with E-state index >= 15 is 0 Å². The molecule has 0 amide bonds. The van der Waals surface area contributed by atoms with E-state index in [1.165, 1.54) is 66.2 Å². The van der Waals surface area contributed by atoms with Crippen LogP contribution in [-0.2, 0) is 30.3 Å². The van der Waals surface area contributed by atoms with Gasteiger partial charge in [0.1, 0.15) is 0 Å². The van der Waals surface area contributed by atoms with Gasteiger partial charge in [0.05, 0.1) is 5.76 Å². The number of allylic oxidation sites excluding steroid dienone is 2. The molecule has 1 aliphatic carbocycles. The van der Waals surface area contributed by atoms with Gasteiger partial charge in [-0.1, -0.05) is 109 Å². The smallest absolute Gasteiger partial charge is 0.161 e. The fourth-order valence-corrected chi connectivity index (χ4v) is 6.58. The first-order chi connectivity index (χ1) is 21.5. The Labute approximate surface area is 285 Å². The van der Waals surface area contributed by atoms with E-state index in [-0.39, 0.29) is 48.9 Å². The topological polar surface area (TPSA) is 50.2 Å². The normalized spacial score (nSPS) is 13.4. The number of aryl methyl sites for hydroxylation is 1. The van der Waals surface area contributed by atoms with Crippen LogP contribution < -0.4 is 0 Å². The van der Waals surface area contributed by atoms with Crippen LogP contribution in [0.2, 0.25) is 0 Å². The first kappa shape index (κ1) is 33.3. The van der Waals surface area contributed by atoms with E-state index in [1.807, 2.05) is 40.0 Å². The van der Waals surface area contributed by atoms with Crippen molar-refractivity contribution >= 4 is 38.1 Å². The Bertz CT molecular complexity index is 2140. The van der Waals surface area contributed by atoms with E-state index < -0.39 is 0 Å². The Hall–Kier alpha value is -4.11. The Morgan fingerprint density at radius 2 is 1.52 bits per heavy atom. The van der Waals surface area contributed by atoms with E-state index in [9.17, 15) is 9.90 Å². The summed E-state index contributed by atoms with van der Waals surface area (Å²) in [7, 11) is 0. The number of carbonyl (C=O) groups excluding carboxylic acids is 1. The number of ketones is 1. The van der Waals surface area contributed by atoms with Crippen LogP contribution in [0.4, 0.5) is 0 Å². The number of aliphatic hydroxyl groups excluding tert-OH is 1. The minimum Gasteiger partial charge on any atom is -0.512 e. The maximum atomic E-state index is 11.0. The zero-order valence-corrected chi connectivity index (χ0v) is 29.9. The van der Waals surface area contributed by atoms with Crippen LogP contribution in [0.1, 0.15) is 58.2 Å². The van der Waals surface area contributed by atoms with Crippen LogP contribution in [0.15, 0.2) is 103 Å². The van der Waals surface area contributed by atoms with E-state index in [0.29, 0.717) is 0 Å². The predicted octanol–water partition coefficient (Wildman–Crippen LogP) is 10.9. The second kappa shape index (κ2) is 12.9. The van der Waals surface area contributed by atoms with Gasteiger partial charge in [0.15, 0.2) is 5.78 Å². The minimum atomic E-state index is -0.0674. The molecule has 1 heterocycles. The summed E-state index contributed by atoms with van der Waals surface area (Å²) >= 11 is 0. The van der Waals surface area contributed by atoms with Crippen molar-refractivity contribution in [2.45, 2.75) is 53.9 Å². The molecule has 1 aromatic heterocycles. The third-order valence-electron chi connectivity index (χ3n) is 9.10. The van der Waals surface area contributed by atoms with Gasteiger partial charge in [-0.2, -0.15) is 0 Å². The molecule has 0 bridgehead atoms. The molecule has 6 aromatic rings. The molecule has 3 nitrogen and oxygen atoms in total. The molecule has 4 heteroatoms. The molecule has 1 aliphatic rings. The molecule has 7 rings (SSSR count). The number of fused-ring (bicyclic) bond motifs is 9. The van der Waals surface area contributed by atoms with Gasteiger partial charge < -0.3 is 10.1 Å². The number of benzene rings is 5. The van der Waals surface area contributed by atoms with Crippen molar-refractivity contribution in [3.05, 3.63) is 126 Å². The molecule has 5 aromatic carbocycles. The van der Waals surface area contributed by atoms with Gasteiger partial charge in [-0.25, -0.2) is 0 Å².